The molecule has 4 nitrogen and oxygen atoms in total. The van der Waals surface area contributed by atoms with Crippen molar-refractivity contribution in [1.29, 1.82) is 0 Å². The number of rotatable bonds is 2. The van der Waals surface area contributed by atoms with Gasteiger partial charge in [0.1, 0.15) is 6.33 Å². The Kier molecular flexibility index (Phi) is 2.78. The van der Waals surface area contributed by atoms with Gasteiger partial charge < -0.3 is 0 Å². The molecule has 0 unspecified atom stereocenters. The molecule has 76 valence electrons. The summed E-state index contributed by atoms with van der Waals surface area (Å²) in [7, 11) is 1.84. The van der Waals surface area contributed by atoms with Gasteiger partial charge in [0.25, 0.3) is 0 Å². The molecule has 0 aliphatic rings. The van der Waals surface area contributed by atoms with E-state index in [-0.39, 0.29) is 0 Å². The highest BCUT2D eigenvalue weighted by atomic mass is 35.5. The standard InChI is InChI=1S/C10H9ClN4/c1-15-10(9(11)6-14-15)3-2-8-4-5-12-7-13-8/h2-7H,1H3. The summed E-state index contributed by atoms with van der Waals surface area (Å²) in [5.74, 6) is 0. The van der Waals surface area contributed by atoms with Crippen LogP contribution in [0, 0.1) is 0 Å². The summed E-state index contributed by atoms with van der Waals surface area (Å²) in [4.78, 5) is 7.90. The van der Waals surface area contributed by atoms with Gasteiger partial charge in [-0.2, -0.15) is 5.10 Å². The Morgan fingerprint density at radius 1 is 1.40 bits per heavy atom. The van der Waals surface area contributed by atoms with Gasteiger partial charge in [0.15, 0.2) is 0 Å². The van der Waals surface area contributed by atoms with Gasteiger partial charge in [-0.25, -0.2) is 9.97 Å². The smallest absolute Gasteiger partial charge is 0.115 e. The molecule has 2 rings (SSSR count). The van der Waals surface area contributed by atoms with Crippen molar-refractivity contribution in [1.82, 2.24) is 19.7 Å². The Hall–Kier alpha value is -1.68. The van der Waals surface area contributed by atoms with Crippen LogP contribution < -0.4 is 0 Å². The predicted octanol–water partition coefficient (Wildman–Crippen LogP) is 2.03. The predicted molar refractivity (Wildman–Crippen MR) is 59.2 cm³/mol. The second-order valence-electron chi connectivity index (χ2n) is 2.97. The normalized spacial score (nSPS) is 11.1. The fraction of sp³-hybridized carbons (Fsp3) is 0.100. The quantitative estimate of drug-likeness (QED) is 0.778. The maximum atomic E-state index is 5.94. The first-order valence-corrected chi connectivity index (χ1v) is 4.77. The van der Waals surface area contributed by atoms with Gasteiger partial charge in [0.2, 0.25) is 0 Å². The largest absolute Gasteiger partial charge is 0.267 e. The zero-order valence-electron chi connectivity index (χ0n) is 8.13. The van der Waals surface area contributed by atoms with E-state index in [9.17, 15) is 0 Å². The maximum absolute atomic E-state index is 5.94. The maximum Gasteiger partial charge on any atom is 0.115 e. The van der Waals surface area contributed by atoms with Crippen molar-refractivity contribution in [3.63, 3.8) is 0 Å². The van der Waals surface area contributed by atoms with Gasteiger partial charge in [0.05, 0.1) is 22.6 Å². The summed E-state index contributed by atoms with van der Waals surface area (Å²) in [6.07, 6.45) is 8.55. The van der Waals surface area contributed by atoms with Crippen molar-refractivity contribution in [3.05, 3.63) is 41.2 Å². The van der Waals surface area contributed by atoms with E-state index < -0.39 is 0 Å². The van der Waals surface area contributed by atoms with Crippen molar-refractivity contribution in [3.8, 4) is 0 Å². The summed E-state index contributed by atoms with van der Waals surface area (Å²) in [5, 5.41) is 4.66. The molecule has 15 heavy (non-hydrogen) atoms. The van der Waals surface area contributed by atoms with E-state index >= 15 is 0 Å². The molecule has 0 aliphatic heterocycles. The molecule has 0 saturated heterocycles. The number of halogens is 1. The van der Waals surface area contributed by atoms with E-state index in [1.54, 1.807) is 17.1 Å². The zero-order valence-corrected chi connectivity index (χ0v) is 8.89. The van der Waals surface area contributed by atoms with Crippen LogP contribution in [0.15, 0.2) is 24.8 Å². The molecule has 0 aromatic carbocycles. The molecule has 2 aromatic heterocycles. The Labute approximate surface area is 92.2 Å². The molecule has 0 spiro atoms. The minimum Gasteiger partial charge on any atom is -0.267 e. The van der Waals surface area contributed by atoms with Crippen LogP contribution in [0.25, 0.3) is 12.2 Å². The van der Waals surface area contributed by atoms with Crippen LogP contribution in [0.2, 0.25) is 5.02 Å². The minimum absolute atomic E-state index is 0.628. The molecule has 0 saturated carbocycles. The average Bonchev–Trinajstić information content (AvgIpc) is 2.58. The van der Waals surface area contributed by atoms with Crippen molar-refractivity contribution in [2.24, 2.45) is 7.05 Å². The van der Waals surface area contributed by atoms with Crippen LogP contribution in [0.1, 0.15) is 11.4 Å². The Balaban J connectivity index is 2.26. The van der Waals surface area contributed by atoms with Crippen molar-refractivity contribution >= 4 is 23.8 Å². The van der Waals surface area contributed by atoms with Crippen molar-refractivity contribution in [2.45, 2.75) is 0 Å². The second kappa shape index (κ2) is 4.23. The summed E-state index contributed by atoms with van der Waals surface area (Å²) >= 11 is 5.94. The number of hydrogen-bond acceptors (Lipinski definition) is 3. The van der Waals surface area contributed by atoms with Crippen LogP contribution in [0.5, 0.6) is 0 Å². The van der Waals surface area contributed by atoms with E-state index in [0.29, 0.717) is 5.02 Å². The molecular formula is C10H9ClN4. The Morgan fingerprint density at radius 2 is 2.27 bits per heavy atom. The average molecular weight is 221 g/mol. The van der Waals surface area contributed by atoms with Crippen LogP contribution in [-0.2, 0) is 7.05 Å². The highest BCUT2D eigenvalue weighted by Crippen LogP contribution is 2.16. The molecule has 0 amide bonds. The lowest BCUT2D eigenvalue weighted by Crippen LogP contribution is -1.92. The molecule has 0 aliphatic carbocycles. The van der Waals surface area contributed by atoms with E-state index in [0.717, 1.165) is 11.4 Å². The van der Waals surface area contributed by atoms with E-state index in [2.05, 4.69) is 15.1 Å². The molecule has 0 bridgehead atoms. The summed E-state index contributed by atoms with van der Waals surface area (Å²) in [6, 6.07) is 1.82. The van der Waals surface area contributed by atoms with Gasteiger partial charge >= 0.3 is 0 Å². The lowest BCUT2D eigenvalue weighted by molar-refractivity contribution is 0.760. The van der Waals surface area contributed by atoms with Crippen LogP contribution in [0.4, 0.5) is 0 Å². The Morgan fingerprint density at radius 3 is 2.87 bits per heavy atom. The summed E-state index contributed by atoms with van der Waals surface area (Å²) < 4.78 is 1.71. The van der Waals surface area contributed by atoms with Crippen molar-refractivity contribution in [2.75, 3.05) is 0 Å². The molecule has 0 atom stereocenters. The summed E-state index contributed by atoms with van der Waals surface area (Å²) in [5.41, 5.74) is 1.69. The number of aryl methyl sites for hydroxylation is 1. The minimum atomic E-state index is 0.628. The number of hydrogen-bond donors (Lipinski definition) is 0. The lowest BCUT2D eigenvalue weighted by Gasteiger charge is -1.95. The third-order valence-electron chi connectivity index (χ3n) is 1.95. The van der Waals surface area contributed by atoms with Crippen LogP contribution in [0.3, 0.4) is 0 Å². The number of aromatic nitrogens is 4. The highest BCUT2D eigenvalue weighted by molar-refractivity contribution is 6.31. The molecule has 0 radical (unpaired) electrons. The van der Waals surface area contributed by atoms with Gasteiger partial charge in [0, 0.05) is 13.2 Å². The molecular weight excluding hydrogens is 212 g/mol. The van der Waals surface area contributed by atoms with E-state index in [4.69, 9.17) is 11.6 Å². The zero-order chi connectivity index (χ0) is 10.7. The fourth-order valence-corrected chi connectivity index (χ4v) is 1.40. The topological polar surface area (TPSA) is 43.6 Å². The second-order valence-corrected chi connectivity index (χ2v) is 3.38. The lowest BCUT2D eigenvalue weighted by atomic mass is 10.3. The molecule has 5 heteroatoms. The summed E-state index contributed by atoms with van der Waals surface area (Å²) in [6.45, 7) is 0. The first kappa shape index (κ1) is 9.86. The molecule has 0 fully saturated rings. The SMILES string of the molecule is Cn1ncc(Cl)c1C=Cc1ccncn1. The molecule has 2 aromatic rings. The Bertz CT molecular complexity index is 456. The third kappa shape index (κ3) is 2.22. The highest BCUT2D eigenvalue weighted by Gasteiger charge is 2.01. The van der Waals surface area contributed by atoms with Gasteiger partial charge in [-0.1, -0.05) is 11.6 Å². The van der Waals surface area contributed by atoms with Gasteiger partial charge in [-0.15, -0.1) is 0 Å². The van der Waals surface area contributed by atoms with Crippen LogP contribution in [-0.4, -0.2) is 19.7 Å². The van der Waals surface area contributed by atoms with Gasteiger partial charge in [-0.05, 0) is 18.2 Å². The monoisotopic (exact) mass is 220 g/mol. The van der Waals surface area contributed by atoms with Gasteiger partial charge in [-0.3, -0.25) is 4.68 Å². The van der Waals surface area contributed by atoms with E-state index in [1.165, 1.54) is 6.33 Å². The van der Waals surface area contributed by atoms with Crippen LogP contribution >= 0.6 is 11.6 Å². The first-order chi connectivity index (χ1) is 7.27. The van der Waals surface area contributed by atoms with Crippen molar-refractivity contribution < 1.29 is 0 Å². The fourth-order valence-electron chi connectivity index (χ4n) is 1.17. The molecule has 0 N–H and O–H groups in total. The third-order valence-corrected chi connectivity index (χ3v) is 2.25. The first-order valence-electron chi connectivity index (χ1n) is 4.39. The van der Waals surface area contributed by atoms with E-state index in [1.807, 2.05) is 25.3 Å². The molecule has 2 heterocycles. The number of nitrogens with zero attached hydrogens (tertiary/aromatic N) is 4.